The van der Waals surface area contributed by atoms with Gasteiger partial charge in [-0.2, -0.15) is 0 Å². The standard InChI is InChI=1S/C24H27ClN2O3/c1-28-21-12-11-18(23(29-2)24(21)30-3)22-20-10-6-13-26(20)14-7-15-27(22)16-17-8-4-5-9-19(17)25/h4-6,8-13,22H,7,14-16H2,1-3H3/t22-/m1/s1. The van der Waals surface area contributed by atoms with Crippen molar-refractivity contribution in [2.24, 2.45) is 0 Å². The summed E-state index contributed by atoms with van der Waals surface area (Å²) in [7, 11) is 4.95. The molecule has 0 aliphatic carbocycles. The number of hydrogen-bond donors (Lipinski definition) is 0. The molecule has 2 heterocycles. The fraction of sp³-hybridized carbons (Fsp3) is 0.333. The molecule has 30 heavy (non-hydrogen) atoms. The van der Waals surface area contributed by atoms with Crippen molar-refractivity contribution < 1.29 is 14.2 Å². The minimum Gasteiger partial charge on any atom is -0.493 e. The first-order valence-corrected chi connectivity index (χ1v) is 10.5. The lowest BCUT2D eigenvalue weighted by Crippen LogP contribution is -2.30. The molecule has 0 amide bonds. The first-order chi connectivity index (χ1) is 14.7. The molecule has 1 aromatic heterocycles. The topological polar surface area (TPSA) is 35.9 Å². The molecule has 0 unspecified atom stereocenters. The highest BCUT2D eigenvalue weighted by Gasteiger charge is 2.32. The van der Waals surface area contributed by atoms with Gasteiger partial charge in [0.1, 0.15) is 0 Å². The van der Waals surface area contributed by atoms with Crippen LogP contribution in [0.2, 0.25) is 5.02 Å². The highest BCUT2D eigenvalue weighted by atomic mass is 35.5. The third kappa shape index (κ3) is 3.75. The number of methoxy groups -OCH3 is 3. The average molecular weight is 427 g/mol. The van der Waals surface area contributed by atoms with Gasteiger partial charge in [-0.15, -0.1) is 0 Å². The van der Waals surface area contributed by atoms with Crippen LogP contribution < -0.4 is 14.2 Å². The van der Waals surface area contributed by atoms with Gasteiger partial charge >= 0.3 is 0 Å². The summed E-state index contributed by atoms with van der Waals surface area (Å²) in [4.78, 5) is 2.46. The number of fused-ring (bicyclic) bond motifs is 1. The smallest absolute Gasteiger partial charge is 0.203 e. The van der Waals surface area contributed by atoms with Gasteiger partial charge in [0.05, 0.1) is 27.4 Å². The number of halogens is 1. The molecule has 5 nitrogen and oxygen atoms in total. The predicted octanol–water partition coefficient (Wildman–Crippen LogP) is 5.16. The van der Waals surface area contributed by atoms with Crippen LogP contribution in [0, 0.1) is 0 Å². The van der Waals surface area contributed by atoms with Gasteiger partial charge in [0.15, 0.2) is 11.5 Å². The van der Waals surface area contributed by atoms with Crippen LogP contribution in [-0.2, 0) is 13.1 Å². The van der Waals surface area contributed by atoms with E-state index in [1.807, 2.05) is 24.3 Å². The van der Waals surface area contributed by atoms with E-state index in [9.17, 15) is 0 Å². The Bertz CT molecular complexity index is 1020. The van der Waals surface area contributed by atoms with E-state index in [2.05, 4.69) is 39.9 Å². The van der Waals surface area contributed by atoms with Crippen LogP contribution in [0.1, 0.15) is 29.3 Å². The number of rotatable bonds is 6. The number of ether oxygens (including phenoxy) is 3. The van der Waals surface area contributed by atoms with Crippen molar-refractivity contribution in [3.05, 3.63) is 76.6 Å². The van der Waals surface area contributed by atoms with Crippen LogP contribution in [0.5, 0.6) is 17.2 Å². The van der Waals surface area contributed by atoms with Crippen LogP contribution in [-0.4, -0.2) is 37.3 Å². The fourth-order valence-corrected chi connectivity index (χ4v) is 4.55. The zero-order valence-electron chi connectivity index (χ0n) is 17.6. The Labute approximate surface area is 182 Å². The van der Waals surface area contributed by atoms with E-state index in [4.69, 9.17) is 25.8 Å². The molecule has 3 aromatic rings. The van der Waals surface area contributed by atoms with Gasteiger partial charge in [-0.25, -0.2) is 0 Å². The van der Waals surface area contributed by atoms with Crippen LogP contribution >= 0.6 is 11.6 Å². The van der Waals surface area contributed by atoms with Crippen molar-refractivity contribution in [3.8, 4) is 17.2 Å². The Hall–Kier alpha value is -2.63. The summed E-state index contributed by atoms with van der Waals surface area (Å²) < 4.78 is 19.3. The van der Waals surface area contributed by atoms with Gasteiger partial charge < -0.3 is 18.8 Å². The summed E-state index contributed by atoms with van der Waals surface area (Å²) in [5.74, 6) is 1.96. The molecule has 0 fully saturated rings. The van der Waals surface area contributed by atoms with Crippen molar-refractivity contribution in [1.82, 2.24) is 9.47 Å². The molecule has 158 valence electrons. The summed E-state index contributed by atoms with van der Waals surface area (Å²) in [5.41, 5.74) is 3.39. The third-order valence-electron chi connectivity index (χ3n) is 5.71. The van der Waals surface area contributed by atoms with E-state index in [0.29, 0.717) is 17.2 Å². The Morgan fingerprint density at radius 2 is 1.70 bits per heavy atom. The van der Waals surface area contributed by atoms with E-state index in [-0.39, 0.29) is 6.04 Å². The summed E-state index contributed by atoms with van der Waals surface area (Å²) >= 11 is 6.51. The first kappa shape index (κ1) is 20.6. The summed E-state index contributed by atoms with van der Waals surface area (Å²) in [6.45, 7) is 2.66. The second-order valence-corrected chi connectivity index (χ2v) is 7.78. The SMILES string of the molecule is COc1ccc([C@@H]2c3cccn3CCCN2Cc2ccccc2Cl)c(OC)c1OC. The zero-order valence-corrected chi connectivity index (χ0v) is 18.4. The summed E-state index contributed by atoms with van der Waals surface area (Å²) in [6, 6.07) is 16.4. The van der Waals surface area contributed by atoms with Crippen molar-refractivity contribution in [3.63, 3.8) is 0 Å². The Morgan fingerprint density at radius 1 is 0.900 bits per heavy atom. The lowest BCUT2D eigenvalue weighted by atomic mass is 9.99. The molecule has 0 radical (unpaired) electrons. The fourth-order valence-electron chi connectivity index (χ4n) is 4.35. The maximum atomic E-state index is 6.51. The third-order valence-corrected chi connectivity index (χ3v) is 6.08. The van der Waals surface area contributed by atoms with Crippen LogP contribution in [0.3, 0.4) is 0 Å². The lowest BCUT2D eigenvalue weighted by Gasteiger charge is -2.32. The highest BCUT2D eigenvalue weighted by Crippen LogP contribution is 2.46. The van der Waals surface area contributed by atoms with Crippen molar-refractivity contribution in [2.45, 2.75) is 25.6 Å². The average Bonchev–Trinajstić information content (AvgIpc) is 3.15. The van der Waals surface area contributed by atoms with Crippen molar-refractivity contribution in [2.75, 3.05) is 27.9 Å². The second-order valence-electron chi connectivity index (χ2n) is 7.37. The summed E-state index contributed by atoms with van der Waals surface area (Å²) in [5, 5.41) is 0.787. The number of aromatic nitrogens is 1. The van der Waals surface area contributed by atoms with E-state index in [0.717, 1.165) is 42.2 Å². The number of aryl methyl sites for hydroxylation is 1. The molecule has 1 aliphatic rings. The maximum absolute atomic E-state index is 6.51. The lowest BCUT2D eigenvalue weighted by molar-refractivity contribution is 0.214. The molecular formula is C24H27ClN2O3. The monoisotopic (exact) mass is 426 g/mol. The Kier molecular flexibility index (Phi) is 6.21. The van der Waals surface area contributed by atoms with E-state index in [1.54, 1.807) is 21.3 Å². The Morgan fingerprint density at radius 3 is 2.43 bits per heavy atom. The highest BCUT2D eigenvalue weighted by molar-refractivity contribution is 6.31. The van der Waals surface area contributed by atoms with Gasteiger partial charge in [-0.05, 0) is 42.3 Å². The molecule has 0 saturated heterocycles. The van der Waals surface area contributed by atoms with Crippen molar-refractivity contribution in [1.29, 1.82) is 0 Å². The zero-order chi connectivity index (χ0) is 21.1. The van der Waals surface area contributed by atoms with Crippen LogP contribution in [0.25, 0.3) is 0 Å². The predicted molar refractivity (Wildman–Crippen MR) is 119 cm³/mol. The van der Waals surface area contributed by atoms with Crippen LogP contribution in [0.4, 0.5) is 0 Å². The van der Waals surface area contributed by atoms with E-state index in [1.165, 1.54) is 5.69 Å². The van der Waals surface area contributed by atoms with Crippen molar-refractivity contribution >= 4 is 11.6 Å². The van der Waals surface area contributed by atoms with Gasteiger partial charge in [0.25, 0.3) is 0 Å². The first-order valence-electron chi connectivity index (χ1n) is 10.1. The Balaban J connectivity index is 1.86. The molecule has 2 aromatic carbocycles. The van der Waals surface area contributed by atoms with Gasteiger partial charge in [0, 0.05) is 42.1 Å². The molecule has 1 atom stereocenters. The molecular weight excluding hydrogens is 400 g/mol. The largest absolute Gasteiger partial charge is 0.493 e. The van der Waals surface area contributed by atoms with Gasteiger partial charge in [0.2, 0.25) is 5.75 Å². The second kappa shape index (κ2) is 9.02. The number of benzene rings is 2. The molecule has 6 heteroatoms. The van der Waals surface area contributed by atoms with E-state index < -0.39 is 0 Å². The maximum Gasteiger partial charge on any atom is 0.203 e. The minimum absolute atomic E-state index is 0.00599. The van der Waals surface area contributed by atoms with Crippen LogP contribution in [0.15, 0.2) is 54.7 Å². The minimum atomic E-state index is -0.00599. The number of hydrogen-bond acceptors (Lipinski definition) is 4. The van der Waals surface area contributed by atoms with E-state index >= 15 is 0 Å². The number of nitrogens with zero attached hydrogens (tertiary/aromatic N) is 2. The molecule has 0 saturated carbocycles. The molecule has 4 rings (SSSR count). The molecule has 0 N–H and O–H groups in total. The molecule has 0 bridgehead atoms. The summed E-state index contributed by atoms with van der Waals surface area (Å²) in [6.07, 6.45) is 3.20. The van der Waals surface area contributed by atoms with Gasteiger partial charge in [-0.3, -0.25) is 4.90 Å². The quantitative estimate of drug-likeness (QED) is 0.545. The normalized spacial score (nSPS) is 16.6. The van der Waals surface area contributed by atoms with Gasteiger partial charge in [-0.1, -0.05) is 29.8 Å². The molecule has 0 spiro atoms. The molecule has 1 aliphatic heterocycles.